The summed E-state index contributed by atoms with van der Waals surface area (Å²) in [7, 11) is 3.27. The van der Waals surface area contributed by atoms with Crippen molar-refractivity contribution in [3.63, 3.8) is 0 Å². The smallest absolute Gasteiger partial charge is 0.338 e. The molecule has 0 radical (unpaired) electrons. The fraction of sp³-hybridized carbons (Fsp3) is 0.190. The molecule has 0 bridgehead atoms. The second-order valence-electron chi connectivity index (χ2n) is 6.02. The number of carbonyl (C=O) groups is 2. The summed E-state index contributed by atoms with van der Waals surface area (Å²) in [6, 6.07) is 12.4. The topological polar surface area (TPSA) is 68.2 Å². The molecule has 2 aromatic carbocycles. The van der Waals surface area contributed by atoms with Gasteiger partial charge in [0.1, 0.15) is 5.75 Å². The Bertz CT molecular complexity index is 1000. The molecule has 3 rings (SSSR count). The molecule has 0 N–H and O–H groups in total. The summed E-state index contributed by atoms with van der Waals surface area (Å²) in [4.78, 5) is 31.0. The maximum absolute atomic E-state index is 12.7. The predicted octanol–water partition coefficient (Wildman–Crippen LogP) is 4.87. The number of esters is 1. The number of likely N-dealkylation sites (N-methyl/N-ethyl adjacent to an activating group) is 1. The number of thioether (sulfide) groups is 1. The third kappa shape index (κ3) is 4.89. The Morgan fingerprint density at radius 1 is 1.24 bits per heavy atom. The first-order chi connectivity index (χ1) is 13.9. The molecule has 0 spiro atoms. The molecule has 1 saturated heterocycles. The van der Waals surface area contributed by atoms with Gasteiger partial charge in [0.2, 0.25) is 0 Å². The molecule has 150 valence electrons. The van der Waals surface area contributed by atoms with Crippen molar-refractivity contribution in [3.05, 3.63) is 63.0 Å². The van der Waals surface area contributed by atoms with Gasteiger partial charge in [-0.1, -0.05) is 15.9 Å². The van der Waals surface area contributed by atoms with E-state index in [1.165, 1.54) is 16.7 Å². The molecule has 1 heterocycles. The van der Waals surface area contributed by atoms with Crippen molar-refractivity contribution >= 4 is 56.5 Å². The van der Waals surface area contributed by atoms with E-state index in [0.29, 0.717) is 33.7 Å². The number of aliphatic imine (C=N–C) groups is 1. The molecular weight excluding hydrogens is 456 g/mol. The van der Waals surface area contributed by atoms with Crippen LogP contribution in [0.5, 0.6) is 5.75 Å². The van der Waals surface area contributed by atoms with Crippen LogP contribution in [-0.2, 0) is 9.53 Å². The zero-order chi connectivity index (χ0) is 21.0. The van der Waals surface area contributed by atoms with E-state index < -0.39 is 0 Å². The van der Waals surface area contributed by atoms with Crippen LogP contribution in [0.2, 0.25) is 0 Å². The minimum absolute atomic E-state index is 0.140. The Kier molecular flexibility index (Phi) is 6.76. The summed E-state index contributed by atoms with van der Waals surface area (Å²) in [5, 5.41) is 0.555. The number of hydrogen-bond acceptors (Lipinski definition) is 6. The summed E-state index contributed by atoms with van der Waals surface area (Å²) in [6.45, 7) is 2.08. The monoisotopic (exact) mass is 474 g/mol. The van der Waals surface area contributed by atoms with Crippen molar-refractivity contribution in [3.8, 4) is 5.75 Å². The van der Waals surface area contributed by atoms with Crippen LogP contribution in [0.25, 0.3) is 6.08 Å². The molecule has 0 unspecified atom stereocenters. The second kappa shape index (κ2) is 9.28. The van der Waals surface area contributed by atoms with E-state index in [2.05, 4.69) is 20.9 Å². The van der Waals surface area contributed by atoms with Gasteiger partial charge in [0.05, 0.1) is 29.9 Å². The standard InChI is InChI=1S/C21H19BrN2O4S/c1-4-28-20(26)13-5-8-16(9-6-13)23-21-24(2)19(25)18(29-21)12-14-11-15(22)7-10-17(14)27-3/h5-12H,4H2,1-3H3/b18-12+,23-21?. The molecule has 0 saturated carbocycles. The molecule has 8 heteroatoms. The lowest BCUT2D eigenvalue weighted by Gasteiger charge is -2.07. The highest BCUT2D eigenvalue weighted by molar-refractivity contribution is 9.10. The van der Waals surface area contributed by atoms with E-state index in [0.717, 1.165) is 10.0 Å². The molecule has 0 aliphatic carbocycles. The van der Waals surface area contributed by atoms with Crippen molar-refractivity contribution < 1.29 is 19.1 Å². The van der Waals surface area contributed by atoms with E-state index in [9.17, 15) is 9.59 Å². The van der Waals surface area contributed by atoms with Gasteiger partial charge in [0.25, 0.3) is 5.91 Å². The third-order valence-electron chi connectivity index (χ3n) is 4.09. The first kappa shape index (κ1) is 21.1. The minimum atomic E-state index is -0.373. The van der Waals surface area contributed by atoms with Crippen molar-refractivity contribution in [2.24, 2.45) is 4.99 Å². The molecular formula is C21H19BrN2O4S. The molecule has 1 amide bonds. The third-order valence-corrected chi connectivity index (χ3v) is 5.64. The van der Waals surface area contributed by atoms with E-state index in [1.807, 2.05) is 18.2 Å². The zero-order valence-electron chi connectivity index (χ0n) is 16.1. The fourth-order valence-corrected chi connectivity index (χ4v) is 3.96. The SMILES string of the molecule is CCOC(=O)c1ccc(N=C2S/C(=C/c3cc(Br)ccc3OC)C(=O)N2C)cc1. The summed E-state index contributed by atoms with van der Waals surface area (Å²) in [6.07, 6.45) is 1.79. The normalized spacial score (nSPS) is 16.6. The summed E-state index contributed by atoms with van der Waals surface area (Å²) < 4.78 is 11.2. The van der Waals surface area contributed by atoms with Crippen LogP contribution < -0.4 is 4.74 Å². The number of methoxy groups -OCH3 is 1. The van der Waals surface area contributed by atoms with Crippen molar-refractivity contribution in [1.29, 1.82) is 0 Å². The molecule has 29 heavy (non-hydrogen) atoms. The van der Waals surface area contributed by atoms with Gasteiger partial charge >= 0.3 is 5.97 Å². The van der Waals surface area contributed by atoms with Crippen LogP contribution in [-0.4, -0.2) is 42.7 Å². The number of amides is 1. The maximum atomic E-state index is 12.7. The molecule has 0 aromatic heterocycles. The van der Waals surface area contributed by atoms with Crippen molar-refractivity contribution in [2.45, 2.75) is 6.92 Å². The Morgan fingerprint density at radius 3 is 2.62 bits per heavy atom. The summed E-state index contributed by atoms with van der Waals surface area (Å²) in [5.74, 6) is 0.165. The second-order valence-corrected chi connectivity index (χ2v) is 7.95. The minimum Gasteiger partial charge on any atom is -0.496 e. The van der Waals surface area contributed by atoms with Gasteiger partial charge in [-0.05, 0) is 67.2 Å². The van der Waals surface area contributed by atoms with Gasteiger partial charge in [-0.3, -0.25) is 9.69 Å². The highest BCUT2D eigenvalue weighted by Gasteiger charge is 2.30. The number of halogens is 1. The van der Waals surface area contributed by atoms with Crippen molar-refractivity contribution in [2.75, 3.05) is 20.8 Å². The number of amidine groups is 1. The molecule has 2 aromatic rings. The van der Waals surface area contributed by atoms with Gasteiger partial charge in [-0.15, -0.1) is 0 Å². The van der Waals surface area contributed by atoms with E-state index in [4.69, 9.17) is 9.47 Å². The molecule has 6 nitrogen and oxygen atoms in total. The van der Waals surface area contributed by atoms with Crippen LogP contribution >= 0.6 is 27.7 Å². The fourth-order valence-electron chi connectivity index (χ4n) is 2.61. The summed E-state index contributed by atoms with van der Waals surface area (Å²) >= 11 is 4.73. The number of rotatable bonds is 5. The summed E-state index contributed by atoms with van der Waals surface area (Å²) in [5.41, 5.74) is 1.90. The lowest BCUT2D eigenvalue weighted by molar-refractivity contribution is -0.121. The molecule has 0 atom stereocenters. The Hall–Kier alpha value is -2.58. The molecule has 1 aliphatic rings. The molecule has 1 fully saturated rings. The number of benzene rings is 2. The van der Waals surface area contributed by atoms with Crippen LogP contribution in [0.15, 0.2) is 56.8 Å². The average molecular weight is 475 g/mol. The number of ether oxygens (including phenoxy) is 2. The quantitative estimate of drug-likeness (QED) is 0.456. The maximum Gasteiger partial charge on any atom is 0.338 e. The first-order valence-corrected chi connectivity index (χ1v) is 10.4. The van der Waals surface area contributed by atoms with Gasteiger partial charge < -0.3 is 9.47 Å². The lowest BCUT2D eigenvalue weighted by Crippen LogP contribution is -2.23. The van der Waals surface area contributed by atoms with E-state index in [1.54, 1.807) is 51.4 Å². The largest absolute Gasteiger partial charge is 0.496 e. The molecule has 1 aliphatic heterocycles. The van der Waals surface area contributed by atoms with Gasteiger partial charge in [-0.2, -0.15) is 0 Å². The highest BCUT2D eigenvalue weighted by atomic mass is 79.9. The Balaban J connectivity index is 1.85. The first-order valence-electron chi connectivity index (χ1n) is 8.80. The van der Waals surface area contributed by atoms with Crippen LogP contribution in [0.3, 0.4) is 0 Å². The predicted molar refractivity (Wildman–Crippen MR) is 119 cm³/mol. The number of nitrogens with zero attached hydrogens (tertiary/aromatic N) is 2. The zero-order valence-corrected chi connectivity index (χ0v) is 18.5. The van der Waals surface area contributed by atoms with Crippen LogP contribution in [0.4, 0.5) is 5.69 Å². The van der Waals surface area contributed by atoms with Gasteiger partial charge in [0, 0.05) is 17.1 Å². The number of hydrogen-bond donors (Lipinski definition) is 0. The van der Waals surface area contributed by atoms with E-state index >= 15 is 0 Å². The lowest BCUT2D eigenvalue weighted by atomic mass is 10.2. The highest BCUT2D eigenvalue weighted by Crippen LogP contribution is 2.35. The van der Waals surface area contributed by atoms with E-state index in [-0.39, 0.29) is 11.9 Å². The van der Waals surface area contributed by atoms with Gasteiger partial charge in [-0.25, -0.2) is 9.79 Å². The Morgan fingerprint density at radius 2 is 1.97 bits per heavy atom. The van der Waals surface area contributed by atoms with Crippen LogP contribution in [0.1, 0.15) is 22.8 Å². The van der Waals surface area contributed by atoms with Gasteiger partial charge in [0.15, 0.2) is 5.17 Å². The number of carbonyl (C=O) groups excluding carboxylic acids is 2. The average Bonchev–Trinajstić information content (AvgIpc) is 2.97. The Labute approximate surface area is 181 Å². The van der Waals surface area contributed by atoms with Crippen molar-refractivity contribution in [1.82, 2.24) is 4.90 Å². The van der Waals surface area contributed by atoms with Crippen LogP contribution in [0, 0.1) is 0 Å².